The minimum absolute atomic E-state index is 0.182. The van der Waals surface area contributed by atoms with Crippen LogP contribution in [0.2, 0.25) is 0 Å². The lowest BCUT2D eigenvalue weighted by molar-refractivity contribution is 0.0945. The zero-order valence-electron chi connectivity index (χ0n) is 9.31. The number of halogens is 1. The summed E-state index contributed by atoms with van der Waals surface area (Å²) < 4.78 is 0.930. The van der Waals surface area contributed by atoms with Crippen LogP contribution in [-0.2, 0) is 6.54 Å². The molecule has 0 unspecified atom stereocenters. The zero-order valence-corrected chi connectivity index (χ0v) is 10.9. The number of hydrogen-bond donors (Lipinski definition) is 2. The van der Waals surface area contributed by atoms with E-state index in [2.05, 4.69) is 31.2 Å². The summed E-state index contributed by atoms with van der Waals surface area (Å²) in [5, 5.41) is 2.72. The number of hydrogen-bond acceptors (Lipinski definition) is 3. The average Bonchev–Trinajstić information content (AvgIpc) is 2.38. The normalized spacial score (nSPS) is 10.1. The maximum Gasteiger partial charge on any atom is 0.271 e. The molecule has 1 heterocycles. The van der Waals surface area contributed by atoms with Crippen LogP contribution in [0.15, 0.2) is 45.9 Å². The monoisotopic (exact) mass is 307 g/mol. The van der Waals surface area contributed by atoms with Gasteiger partial charge in [-0.25, -0.2) is 4.98 Å². The summed E-state index contributed by atoms with van der Waals surface area (Å²) in [5.41, 5.74) is 0.814. The van der Waals surface area contributed by atoms with E-state index in [0.717, 1.165) is 16.2 Å². The Bertz CT molecular complexity index is 604. The van der Waals surface area contributed by atoms with E-state index in [4.69, 9.17) is 0 Å². The van der Waals surface area contributed by atoms with Gasteiger partial charge in [0.05, 0.1) is 6.20 Å². The molecule has 1 aromatic carbocycles. The predicted octanol–water partition coefficient (Wildman–Crippen LogP) is 1.46. The fraction of sp³-hybridized carbons (Fsp3) is 0.0833. The average molecular weight is 308 g/mol. The van der Waals surface area contributed by atoms with Crippen LogP contribution in [0.3, 0.4) is 0 Å². The molecule has 2 aromatic rings. The third-order valence-electron chi connectivity index (χ3n) is 2.30. The van der Waals surface area contributed by atoms with Gasteiger partial charge in [-0.1, -0.05) is 34.1 Å². The number of rotatable bonds is 3. The molecule has 18 heavy (non-hydrogen) atoms. The van der Waals surface area contributed by atoms with E-state index in [9.17, 15) is 9.59 Å². The quantitative estimate of drug-likeness (QED) is 0.901. The number of aromatic amines is 1. The van der Waals surface area contributed by atoms with Crippen molar-refractivity contribution in [3.05, 3.63) is 62.7 Å². The van der Waals surface area contributed by atoms with Crippen molar-refractivity contribution < 1.29 is 4.79 Å². The second kappa shape index (κ2) is 5.59. The van der Waals surface area contributed by atoms with E-state index in [1.54, 1.807) is 0 Å². The molecule has 6 heteroatoms. The van der Waals surface area contributed by atoms with Crippen molar-refractivity contribution >= 4 is 21.8 Å². The van der Waals surface area contributed by atoms with E-state index in [0.29, 0.717) is 6.54 Å². The van der Waals surface area contributed by atoms with Crippen molar-refractivity contribution in [1.82, 2.24) is 15.3 Å². The first kappa shape index (κ1) is 12.5. The van der Waals surface area contributed by atoms with Crippen molar-refractivity contribution in [2.24, 2.45) is 0 Å². The molecule has 92 valence electrons. The van der Waals surface area contributed by atoms with Gasteiger partial charge in [-0.15, -0.1) is 0 Å². The molecule has 0 aliphatic carbocycles. The van der Waals surface area contributed by atoms with Crippen molar-refractivity contribution in [2.45, 2.75) is 6.54 Å². The van der Waals surface area contributed by atoms with E-state index >= 15 is 0 Å². The topological polar surface area (TPSA) is 74.8 Å². The molecular weight excluding hydrogens is 298 g/mol. The molecule has 0 aliphatic rings. The smallest absolute Gasteiger partial charge is 0.271 e. The first-order valence-electron chi connectivity index (χ1n) is 5.23. The number of nitrogens with zero attached hydrogens (tertiary/aromatic N) is 1. The Morgan fingerprint density at radius 1 is 1.39 bits per heavy atom. The highest BCUT2D eigenvalue weighted by Gasteiger charge is 2.07. The van der Waals surface area contributed by atoms with Crippen molar-refractivity contribution in [3.8, 4) is 0 Å². The summed E-state index contributed by atoms with van der Waals surface area (Å²) in [4.78, 5) is 28.7. The van der Waals surface area contributed by atoms with Gasteiger partial charge in [0, 0.05) is 17.2 Å². The van der Waals surface area contributed by atoms with Gasteiger partial charge in [-0.3, -0.25) is 9.59 Å². The second-order valence-corrected chi connectivity index (χ2v) is 4.42. The highest BCUT2D eigenvalue weighted by Crippen LogP contribution is 2.15. The second-order valence-electron chi connectivity index (χ2n) is 3.57. The molecular formula is C12H10BrN3O2. The molecule has 0 aliphatic heterocycles. The number of carbonyl (C=O) groups excluding carboxylic acids is 1. The largest absolute Gasteiger partial charge is 0.347 e. The molecule has 0 fully saturated rings. The molecule has 1 amide bonds. The summed E-state index contributed by atoms with van der Waals surface area (Å²) in [5.74, 6) is -0.331. The van der Waals surface area contributed by atoms with Crippen LogP contribution in [0.5, 0.6) is 0 Å². The molecule has 0 spiro atoms. The maximum atomic E-state index is 11.7. The van der Waals surface area contributed by atoms with E-state index in [-0.39, 0.29) is 17.2 Å². The van der Waals surface area contributed by atoms with Gasteiger partial charge < -0.3 is 10.3 Å². The standard InChI is InChI=1S/C12H10BrN3O2/c13-9-4-2-1-3-8(9)5-16-12(18)10-6-15-11(17)7-14-10/h1-4,6-7H,5H2,(H,15,17)(H,16,18). The summed E-state index contributed by atoms with van der Waals surface area (Å²) in [7, 11) is 0. The SMILES string of the molecule is O=C(NCc1ccccc1Br)c1c[nH]c(=O)cn1. The molecule has 5 nitrogen and oxygen atoms in total. The van der Waals surface area contributed by atoms with Crippen LogP contribution in [0, 0.1) is 0 Å². The van der Waals surface area contributed by atoms with Crippen LogP contribution in [0.1, 0.15) is 16.1 Å². The number of H-pyrrole nitrogens is 1. The van der Waals surface area contributed by atoms with Gasteiger partial charge in [0.15, 0.2) is 0 Å². The van der Waals surface area contributed by atoms with E-state index in [1.165, 1.54) is 6.20 Å². The van der Waals surface area contributed by atoms with Gasteiger partial charge in [-0.2, -0.15) is 0 Å². The Morgan fingerprint density at radius 2 is 2.17 bits per heavy atom. The number of carbonyl (C=O) groups is 1. The lowest BCUT2D eigenvalue weighted by Gasteiger charge is -2.06. The Kier molecular flexibility index (Phi) is 3.88. The van der Waals surface area contributed by atoms with Gasteiger partial charge in [0.2, 0.25) is 0 Å². The zero-order chi connectivity index (χ0) is 13.0. The molecule has 1 aromatic heterocycles. The minimum Gasteiger partial charge on any atom is -0.347 e. The van der Waals surface area contributed by atoms with Crippen LogP contribution >= 0.6 is 15.9 Å². The highest BCUT2D eigenvalue weighted by atomic mass is 79.9. The summed E-state index contributed by atoms with van der Waals surface area (Å²) in [6.07, 6.45) is 2.37. The van der Waals surface area contributed by atoms with Crippen molar-refractivity contribution in [1.29, 1.82) is 0 Å². The third kappa shape index (κ3) is 3.04. The van der Waals surface area contributed by atoms with Crippen molar-refractivity contribution in [3.63, 3.8) is 0 Å². The molecule has 2 rings (SSSR count). The molecule has 0 bridgehead atoms. The van der Waals surface area contributed by atoms with Crippen LogP contribution in [0.25, 0.3) is 0 Å². The summed E-state index contributed by atoms with van der Waals surface area (Å²) in [6, 6.07) is 7.60. The van der Waals surface area contributed by atoms with Gasteiger partial charge in [-0.05, 0) is 11.6 Å². The van der Waals surface area contributed by atoms with Crippen LogP contribution in [-0.4, -0.2) is 15.9 Å². The maximum absolute atomic E-state index is 11.7. The first-order chi connectivity index (χ1) is 8.66. The molecule has 0 radical (unpaired) electrons. The third-order valence-corrected chi connectivity index (χ3v) is 3.08. The molecule has 0 saturated carbocycles. The van der Waals surface area contributed by atoms with Crippen molar-refractivity contribution in [2.75, 3.05) is 0 Å². The Labute approximate surface area is 111 Å². The number of nitrogens with one attached hydrogen (secondary N) is 2. The molecule has 0 atom stereocenters. The molecule has 2 N–H and O–H groups in total. The summed E-state index contributed by atoms with van der Waals surface area (Å²) >= 11 is 3.40. The van der Waals surface area contributed by atoms with E-state index < -0.39 is 0 Å². The number of benzene rings is 1. The summed E-state index contributed by atoms with van der Waals surface area (Å²) in [6.45, 7) is 0.390. The van der Waals surface area contributed by atoms with Gasteiger partial charge >= 0.3 is 0 Å². The van der Waals surface area contributed by atoms with Gasteiger partial charge in [0.25, 0.3) is 11.5 Å². The minimum atomic E-state index is -0.336. The molecule has 0 saturated heterocycles. The predicted molar refractivity (Wildman–Crippen MR) is 70.2 cm³/mol. The lowest BCUT2D eigenvalue weighted by Crippen LogP contribution is -2.25. The Morgan fingerprint density at radius 3 is 2.83 bits per heavy atom. The van der Waals surface area contributed by atoms with Crippen LogP contribution in [0.4, 0.5) is 0 Å². The Balaban J connectivity index is 2.03. The first-order valence-corrected chi connectivity index (χ1v) is 6.02. The highest BCUT2D eigenvalue weighted by molar-refractivity contribution is 9.10. The van der Waals surface area contributed by atoms with Gasteiger partial charge in [0.1, 0.15) is 5.69 Å². The Hall–Kier alpha value is -1.95. The fourth-order valence-corrected chi connectivity index (χ4v) is 1.80. The van der Waals surface area contributed by atoms with Crippen LogP contribution < -0.4 is 10.9 Å². The number of aromatic nitrogens is 2. The van der Waals surface area contributed by atoms with E-state index in [1.807, 2.05) is 24.3 Å². The number of amides is 1. The fourth-order valence-electron chi connectivity index (χ4n) is 1.37. The lowest BCUT2D eigenvalue weighted by atomic mass is 10.2.